The molecule has 3 heteroatoms. The van der Waals surface area contributed by atoms with Crippen molar-refractivity contribution in [2.24, 2.45) is 0 Å². The average molecular weight is 227 g/mol. The van der Waals surface area contributed by atoms with Crippen molar-refractivity contribution in [1.29, 1.82) is 0 Å². The van der Waals surface area contributed by atoms with Crippen molar-refractivity contribution < 1.29 is 4.74 Å². The highest BCUT2D eigenvalue weighted by Crippen LogP contribution is 2.12. The minimum atomic E-state index is 0.556. The highest BCUT2D eigenvalue weighted by Gasteiger charge is 2.08. The topological polar surface area (TPSA) is 21.3 Å². The van der Waals surface area contributed by atoms with Crippen molar-refractivity contribution in [2.45, 2.75) is 32.7 Å². The van der Waals surface area contributed by atoms with E-state index in [-0.39, 0.29) is 0 Å². The molecule has 0 aliphatic carbocycles. The predicted molar refractivity (Wildman–Crippen MR) is 66.6 cm³/mol. The van der Waals surface area contributed by atoms with Crippen LogP contribution in [0, 0.1) is 0 Å². The highest BCUT2D eigenvalue weighted by atomic mass is 32.1. The third-order valence-electron chi connectivity index (χ3n) is 2.34. The molecule has 1 aromatic heterocycles. The van der Waals surface area contributed by atoms with Crippen LogP contribution < -0.4 is 5.32 Å². The van der Waals surface area contributed by atoms with E-state index in [0.29, 0.717) is 6.04 Å². The zero-order valence-corrected chi connectivity index (χ0v) is 10.5. The number of likely N-dealkylation sites (N-methyl/N-ethyl adjacent to an activating group) is 1. The first-order valence-corrected chi connectivity index (χ1v) is 6.58. The maximum atomic E-state index is 5.39. The van der Waals surface area contributed by atoms with Gasteiger partial charge in [-0.1, -0.05) is 13.0 Å². The summed E-state index contributed by atoms with van der Waals surface area (Å²) in [6.07, 6.45) is 2.22. The summed E-state index contributed by atoms with van der Waals surface area (Å²) in [6, 6.07) is 4.88. The molecule has 0 aliphatic heterocycles. The van der Waals surface area contributed by atoms with Crippen molar-refractivity contribution in [3.05, 3.63) is 22.4 Å². The number of thiophene rings is 1. The Balaban J connectivity index is 2.29. The SMILES string of the molecule is CCNC(CCOCC)Cc1cccs1. The summed E-state index contributed by atoms with van der Waals surface area (Å²) in [5.41, 5.74) is 0. The van der Waals surface area contributed by atoms with Crippen molar-refractivity contribution in [1.82, 2.24) is 5.32 Å². The van der Waals surface area contributed by atoms with Gasteiger partial charge in [0.15, 0.2) is 0 Å². The molecule has 0 aliphatic rings. The van der Waals surface area contributed by atoms with E-state index in [1.54, 1.807) is 0 Å². The van der Waals surface area contributed by atoms with Gasteiger partial charge in [0.2, 0.25) is 0 Å². The van der Waals surface area contributed by atoms with Crippen LogP contribution in [0.1, 0.15) is 25.1 Å². The van der Waals surface area contributed by atoms with Crippen LogP contribution in [-0.2, 0) is 11.2 Å². The van der Waals surface area contributed by atoms with E-state index >= 15 is 0 Å². The van der Waals surface area contributed by atoms with Gasteiger partial charge in [0, 0.05) is 24.1 Å². The number of ether oxygens (including phenoxy) is 1. The first kappa shape index (κ1) is 12.7. The molecule has 1 atom stereocenters. The molecule has 1 heterocycles. The molecule has 1 aromatic rings. The number of nitrogens with one attached hydrogen (secondary N) is 1. The van der Waals surface area contributed by atoms with Gasteiger partial charge >= 0.3 is 0 Å². The van der Waals surface area contributed by atoms with Crippen molar-refractivity contribution in [3.63, 3.8) is 0 Å². The lowest BCUT2D eigenvalue weighted by Crippen LogP contribution is -2.31. The molecule has 0 radical (unpaired) electrons. The molecule has 0 amide bonds. The molecule has 0 fully saturated rings. The van der Waals surface area contributed by atoms with Gasteiger partial charge in [0.1, 0.15) is 0 Å². The molecule has 15 heavy (non-hydrogen) atoms. The van der Waals surface area contributed by atoms with Crippen LogP contribution in [0.3, 0.4) is 0 Å². The fraction of sp³-hybridized carbons (Fsp3) is 0.667. The van der Waals surface area contributed by atoms with Gasteiger partial charge in [0.05, 0.1) is 0 Å². The lowest BCUT2D eigenvalue weighted by atomic mass is 10.1. The second-order valence-electron chi connectivity index (χ2n) is 3.52. The lowest BCUT2D eigenvalue weighted by molar-refractivity contribution is 0.136. The Morgan fingerprint density at radius 3 is 2.93 bits per heavy atom. The van der Waals surface area contributed by atoms with E-state index in [1.807, 2.05) is 18.3 Å². The second kappa shape index (κ2) is 7.85. The molecule has 1 rings (SSSR count). The molecule has 0 saturated heterocycles. The maximum Gasteiger partial charge on any atom is 0.0480 e. The largest absolute Gasteiger partial charge is 0.382 e. The summed E-state index contributed by atoms with van der Waals surface area (Å²) in [5.74, 6) is 0. The van der Waals surface area contributed by atoms with Gasteiger partial charge in [-0.25, -0.2) is 0 Å². The van der Waals surface area contributed by atoms with Gasteiger partial charge in [-0.3, -0.25) is 0 Å². The Labute approximate surface area is 96.7 Å². The predicted octanol–water partition coefficient (Wildman–Crippen LogP) is 2.70. The van der Waals surface area contributed by atoms with Gasteiger partial charge in [-0.2, -0.15) is 0 Å². The average Bonchev–Trinajstić information content (AvgIpc) is 2.71. The van der Waals surface area contributed by atoms with Crippen LogP contribution in [0.25, 0.3) is 0 Å². The minimum absolute atomic E-state index is 0.556. The maximum absolute atomic E-state index is 5.39. The van der Waals surface area contributed by atoms with E-state index in [2.05, 4.69) is 29.8 Å². The fourth-order valence-corrected chi connectivity index (χ4v) is 2.39. The van der Waals surface area contributed by atoms with E-state index in [9.17, 15) is 0 Å². The van der Waals surface area contributed by atoms with Crippen LogP contribution in [0.4, 0.5) is 0 Å². The molecule has 0 saturated carbocycles. The Morgan fingerprint density at radius 2 is 2.33 bits per heavy atom. The molecule has 2 nitrogen and oxygen atoms in total. The van der Waals surface area contributed by atoms with Crippen molar-refractivity contribution in [2.75, 3.05) is 19.8 Å². The van der Waals surface area contributed by atoms with Crippen LogP contribution in [0.5, 0.6) is 0 Å². The van der Waals surface area contributed by atoms with Gasteiger partial charge in [-0.15, -0.1) is 11.3 Å². The molecule has 0 aromatic carbocycles. The zero-order valence-electron chi connectivity index (χ0n) is 9.66. The Kier molecular flexibility index (Phi) is 6.64. The Bertz CT molecular complexity index is 236. The van der Waals surface area contributed by atoms with E-state index < -0.39 is 0 Å². The summed E-state index contributed by atoms with van der Waals surface area (Å²) in [4.78, 5) is 1.46. The standard InChI is InChI=1S/C12H21NOS/c1-3-13-11(7-8-14-4-2)10-12-6-5-9-15-12/h5-6,9,11,13H,3-4,7-8,10H2,1-2H3. The molecule has 86 valence electrons. The first-order valence-electron chi connectivity index (χ1n) is 5.70. The quantitative estimate of drug-likeness (QED) is 0.689. The Hall–Kier alpha value is -0.380. The number of rotatable bonds is 8. The van der Waals surface area contributed by atoms with Crippen LogP contribution in [0.15, 0.2) is 17.5 Å². The van der Waals surface area contributed by atoms with E-state index in [0.717, 1.165) is 32.6 Å². The summed E-state index contributed by atoms with van der Waals surface area (Å²) >= 11 is 1.84. The van der Waals surface area contributed by atoms with E-state index in [4.69, 9.17) is 4.74 Å². The van der Waals surface area contributed by atoms with Crippen LogP contribution in [-0.4, -0.2) is 25.8 Å². The molecular formula is C12H21NOS. The fourth-order valence-electron chi connectivity index (χ4n) is 1.61. The van der Waals surface area contributed by atoms with Gasteiger partial charge in [0.25, 0.3) is 0 Å². The number of hydrogen-bond donors (Lipinski definition) is 1. The smallest absolute Gasteiger partial charge is 0.0480 e. The van der Waals surface area contributed by atoms with Gasteiger partial charge < -0.3 is 10.1 Å². The summed E-state index contributed by atoms with van der Waals surface area (Å²) in [7, 11) is 0. The summed E-state index contributed by atoms with van der Waals surface area (Å²) in [5, 5.41) is 5.65. The van der Waals surface area contributed by atoms with Crippen molar-refractivity contribution >= 4 is 11.3 Å². The normalized spacial score (nSPS) is 12.9. The molecule has 1 unspecified atom stereocenters. The summed E-state index contributed by atoms with van der Waals surface area (Å²) in [6.45, 7) is 6.91. The molecular weight excluding hydrogens is 206 g/mol. The third kappa shape index (κ3) is 5.30. The van der Waals surface area contributed by atoms with Crippen LogP contribution >= 0.6 is 11.3 Å². The molecule has 0 spiro atoms. The van der Waals surface area contributed by atoms with Crippen molar-refractivity contribution in [3.8, 4) is 0 Å². The molecule has 0 bridgehead atoms. The summed E-state index contributed by atoms with van der Waals surface area (Å²) < 4.78 is 5.39. The van der Waals surface area contributed by atoms with Gasteiger partial charge in [-0.05, 0) is 37.8 Å². The first-order chi connectivity index (χ1) is 7.36. The third-order valence-corrected chi connectivity index (χ3v) is 3.23. The van der Waals surface area contributed by atoms with Crippen LogP contribution in [0.2, 0.25) is 0 Å². The van der Waals surface area contributed by atoms with E-state index in [1.165, 1.54) is 4.88 Å². The second-order valence-corrected chi connectivity index (χ2v) is 4.56. The zero-order chi connectivity index (χ0) is 10.9. The monoisotopic (exact) mass is 227 g/mol. The highest BCUT2D eigenvalue weighted by molar-refractivity contribution is 7.09. The lowest BCUT2D eigenvalue weighted by Gasteiger charge is -2.16. The Morgan fingerprint density at radius 1 is 1.47 bits per heavy atom. The number of hydrogen-bond acceptors (Lipinski definition) is 3. The minimum Gasteiger partial charge on any atom is -0.382 e. The molecule has 1 N–H and O–H groups in total.